The number of nitrogens with zero attached hydrogens (tertiary/aromatic N) is 1. The van der Waals surface area contributed by atoms with Gasteiger partial charge in [-0.1, -0.05) is 6.92 Å². The van der Waals surface area contributed by atoms with E-state index in [1.165, 1.54) is 11.3 Å². The molecule has 2 aromatic heterocycles. The van der Waals surface area contributed by atoms with Crippen LogP contribution in [-0.4, -0.2) is 0 Å². The van der Waals surface area contributed by atoms with Gasteiger partial charge in [-0.2, -0.15) is 5.26 Å². The van der Waals surface area contributed by atoms with Crippen LogP contribution in [0.1, 0.15) is 23.1 Å². The van der Waals surface area contributed by atoms with E-state index in [-0.39, 0.29) is 0 Å². The molecule has 16 heavy (non-hydrogen) atoms. The van der Waals surface area contributed by atoms with Crippen molar-refractivity contribution >= 4 is 17.0 Å². The monoisotopic (exact) mass is 232 g/mol. The Hall–Kier alpha value is -1.73. The molecule has 3 nitrogen and oxygen atoms in total. The number of nitriles is 1. The van der Waals surface area contributed by atoms with Crippen LogP contribution in [0.3, 0.4) is 0 Å². The fraction of sp³-hybridized carbons (Fsp3) is 0.250. The van der Waals surface area contributed by atoms with E-state index in [0.29, 0.717) is 10.6 Å². The first-order valence-electron chi connectivity index (χ1n) is 5.04. The number of rotatable bonds is 2. The maximum absolute atomic E-state index is 8.98. The van der Waals surface area contributed by atoms with Crippen LogP contribution in [0, 0.1) is 18.3 Å². The van der Waals surface area contributed by atoms with Crippen molar-refractivity contribution in [2.45, 2.75) is 20.3 Å². The zero-order valence-electron chi connectivity index (χ0n) is 9.20. The largest absolute Gasteiger partial charge is 0.469 e. The zero-order chi connectivity index (χ0) is 11.7. The van der Waals surface area contributed by atoms with Gasteiger partial charge in [0.25, 0.3) is 0 Å². The smallest absolute Gasteiger partial charge is 0.128 e. The van der Waals surface area contributed by atoms with Gasteiger partial charge in [0.2, 0.25) is 0 Å². The van der Waals surface area contributed by atoms with Crippen molar-refractivity contribution in [3.8, 4) is 16.5 Å². The standard InChI is InChI=1S/C12H12N2OS/c1-3-8-11(14)10(6-13)16-12(8)9-4-5-15-7(9)2/h4-5H,3,14H2,1-2H3. The number of aryl methyl sites for hydroxylation is 1. The van der Waals surface area contributed by atoms with E-state index < -0.39 is 0 Å². The molecule has 2 rings (SSSR count). The van der Waals surface area contributed by atoms with Crippen molar-refractivity contribution in [3.63, 3.8) is 0 Å². The summed E-state index contributed by atoms with van der Waals surface area (Å²) in [4.78, 5) is 1.65. The Balaban J connectivity index is 2.67. The van der Waals surface area contributed by atoms with E-state index in [1.54, 1.807) is 6.26 Å². The van der Waals surface area contributed by atoms with Crippen molar-refractivity contribution in [2.75, 3.05) is 5.73 Å². The van der Waals surface area contributed by atoms with E-state index in [0.717, 1.165) is 28.2 Å². The summed E-state index contributed by atoms with van der Waals surface area (Å²) in [5, 5.41) is 8.98. The van der Waals surface area contributed by atoms with Gasteiger partial charge >= 0.3 is 0 Å². The lowest BCUT2D eigenvalue weighted by Gasteiger charge is -2.00. The molecule has 0 saturated heterocycles. The third-order valence-electron chi connectivity index (χ3n) is 2.61. The summed E-state index contributed by atoms with van der Waals surface area (Å²) in [7, 11) is 0. The summed E-state index contributed by atoms with van der Waals surface area (Å²) in [6.07, 6.45) is 2.48. The van der Waals surface area contributed by atoms with E-state index in [1.807, 2.05) is 19.9 Å². The van der Waals surface area contributed by atoms with Crippen molar-refractivity contribution in [1.29, 1.82) is 5.26 Å². The molecule has 0 saturated carbocycles. The highest BCUT2D eigenvalue weighted by molar-refractivity contribution is 7.16. The summed E-state index contributed by atoms with van der Waals surface area (Å²) in [5.74, 6) is 0.862. The molecule has 0 amide bonds. The van der Waals surface area contributed by atoms with Gasteiger partial charge in [0, 0.05) is 10.4 Å². The normalized spacial score (nSPS) is 10.3. The summed E-state index contributed by atoms with van der Waals surface area (Å²) >= 11 is 1.44. The van der Waals surface area contributed by atoms with Gasteiger partial charge in [0.05, 0.1) is 12.0 Å². The Morgan fingerprint density at radius 2 is 2.31 bits per heavy atom. The minimum absolute atomic E-state index is 0.590. The summed E-state index contributed by atoms with van der Waals surface area (Å²) in [6, 6.07) is 4.05. The van der Waals surface area contributed by atoms with E-state index >= 15 is 0 Å². The quantitative estimate of drug-likeness (QED) is 0.863. The van der Waals surface area contributed by atoms with Gasteiger partial charge in [-0.15, -0.1) is 11.3 Å². The first kappa shape index (κ1) is 10.8. The van der Waals surface area contributed by atoms with E-state index in [2.05, 4.69) is 6.07 Å². The molecule has 82 valence electrons. The van der Waals surface area contributed by atoms with Crippen LogP contribution in [0.4, 0.5) is 5.69 Å². The highest BCUT2D eigenvalue weighted by Gasteiger charge is 2.17. The number of hydrogen-bond acceptors (Lipinski definition) is 4. The van der Waals surface area contributed by atoms with E-state index in [4.69, 9.17) is 15.4 Å². The molecule has 4 heteroatoms. The minimum atomic E-state index is 0.590. The van der Waals surface area contributed by atoms with Crippen LogP contribution in [0.5, 0.6) is 0 Å². The molecule has 0 radical (unpaired) electrons. The van der Waals surface area contributed by atoms with Crippen LogP contribution in [0.25, 0.3) is 10.4 Å². The number of nitrogens with two attached hydrogens (primary N) is 1. The summed E-state index contributed by atoms with van der Waals surface area (Å²) in [6.45, 7) is 3.95. The first-order chi connectivity index (χ1) is 7.69. The SMILES string of the molecule is CCc1c(-c2ccoc2C)sc(C#N)c1N. The summed E-state index contributed by atoms with van der Waals surface area (Å²) < 4.78 is 5.28. The molecule has 2 heterocycles. The fourth-order valence-electron chi connectivity index (χ4n) is 1.75. The second-order valence-corrected chi connectivity index (χ2v) is 4.53. The van der Waals surface area contributed by atoms with Gasteiger partial charge < -0.3 is 10.2 Å². The first-order valence-corrected chi connectivity index (χ1v) is 5.86. The number of thiophene rings is 1. The molecule has 0 fully saturated rings. The molecular formula is C12H12N2OS. The van der Waals surface area contributed by atoms with Crippen molar-refractivity contribution < 1.29 is 4.42 Å². The molecule has 0 spiro atoms. The third-order valence-corrected chi connectivity index (χ3v) is 3.79. The van der Waals surface area contributed by atoms with Gasteiger partial charge in [-0.05, 0) is 25.0 Å². The predicted molar refractivity (Wildman–Crippen MR) is 65.3 cm³/mol. The van der Waals surface area contributed by atoms with Crippen LogP contribution in [-0.2, 0) is 6.42 Å². The average Bonchev–Trinajstić information content (AvgIpc) is 2.82. The predicted octanol–water partition coefficient (Wildman–Crippen LogP) is 3.33. The van der Waals surface area contributed by atoms with Crippen LogP contribution >= 0.6 is 11.3 Å². The lowest BCUT2D eigenvalue weighted by molar-refractivity contribution is 0.535. The fourth-order valence-corrected chi connectivity index (χ4v) is 2.93. The Kier molecular flexibility index (Phi) is 2.71. The molecule has 0 bridgehead atoms. The van der Waals surface area contributed by atoms with E-state index in [9.17, 15) is 0 Å². The van der Waals surface area contributed by atoms with Crippen LogP contribution in [0.15, 0.2) is 16.7 Å². The Bertz CT molecular complexity index is 560. The van der Waals surface area contributed by atoms with Crippen molar-refractivity contribution in [3.05, 3.63) is 28.5 Å². The number of furan rings is 1. The lowest BCUT2D eigenvalue weighted by Crippen LogP contribution is -1.91. The van der Waals surface area contributed by atoms with Gasteiger partial charge in [-0.25, -0.2) is 0 Å². The number of nitrogen functional groups attached to an aromatic ring is 1. The minimum Gasteiger partial charge on any atom is -0.469 e. The number of anilines is 1. The maximum Gasteiger partial charge on any atom is 0.128 e. The molecule has 0 atom stereocenters. The molecule has 2 N–H and O–H groups in total. The summed E-state index contributed by atoms with van der Waals surface area (Å²) in [5.41, 5.74) is 8.64. The molecule has 0 aliphatic heterocycles. The molecular weight excluding hydrogens is 220 g/mol. The second kappa shape index (κ2) is 4.03. The zero-order valence-corrected chi connectivity index (χ0v) is 10.0. The Morgan fingerprint density at radius 3 is 2.81 bits per heavy atom. The van der Waals surface area contributed by atoms with Crippen molar-refractivity contribution in [1.82, 2.24) is 0 Å². The van der Waals surface area contributed by atoms with Crippen molar-refractivity contribution in [2.24, 2.45) is 0 Å². The average molecular weight is 232 g/mol. The van der Waals surface area contributed by atoms with Gasteiger partial charge in [0.1, 0.15) is 16.7 Å². The Labute approximate surface area is 98.1 Å². The highest BCUT2D eigenvalue weighted by atomic mass is 32.1. The topological polar surface area (TPSA) is 63.0 Å². The molecule has 0 aliphatic rings. The third kappa shape index (κ3) is 1.50. The molecule has 0 unspecified atom stereocenters. The Morgan fingerprint density at radius 1 is 1.56 bits per heavy atom. The molecule has 0 aromatic carbocycles. The van der Waals surface area contributed by atoms with Gasteiger partial charge in [-0.3, -0.25) is 0 Å². The van der Waals surface area contributed by atoms with Crippen LogP contribution in [0.2, 0.25) is 0 Å². The van der Waals surface area contributed by atoms with Gasteiger partial charge in [0.15, 0.2) is 0 Å². The molecule has 0 aliphatic carbocycles. The number of hydrogen-bond donors (Lipinski definition) is 1. The highest BCUT2D eigenvalue weighted by Crippen LogP contribution is 2.40. The maximum atomic E-state index is 8.98. The molecule has 2 aromatic rings. The second-order valence-electron chi connectivity index (χ2n) is 3.51. The van der Waals surface area contributed by atoms with Crippen LogP contribution < -0.4 is 5.73 Å². The lowest BCUT2D eigenvalue weighted by atomic mass is 10.1.